The third-order valence-electron chi connectivity index (χ3n) is 5.02. The van der Waals surface area contributed by atoms with E-state index in [-0.39, 0.29) is 5.60 Å². The lowest BCUT2D eigenvalue weighted by Gasteiger charge is -2.47. The minimum atomic E-state index is 0.0796. The van der Waals surface area contributed by atoms with Gasteiger partial charge in [-0.2, -0.15) is 0 Å². The molecule has 0 bridgehead atoms. The normalized spacial score (nSPS) is 31.1. The first-order valence-corrected chi connectivity index (χ1v) is 8.38. The summed E-state index contributed by atoms with van der Waals surface area (Å²) in [5.74, 6) is 1.57. The monoisotopic (exact) mass is 269 g/mol. The molecule has 1 aliphatic carbocycles. The molecule has 0 aromatic heterocycles. The Balaban J connectivity index is 2.79. The fourth-order valence-electron chi connectivity index (χ4n) is 3.72. The molecule has 0 spiro atoms. The highest BCUT2D eigenvalue weighted by atomic mass is 16.5. The van der Waals surface area contributed by atoms with E-state index < -0.39 is 0 Å². The number of hydrogen-bond acceptors (Lipinski definition) is 2. The second-order valence-electron chi connectivity index (χ2n) is 6.65. The molecule has 1 saturated carbocycles. The van der Waals surface area contributed by atoms with E-state index in [9.17, 15) is 0 Å². The molecule has 2 nitrogen and oxygen atoms in total. The Hall–Kier alpha value is -0.0800. The van der Waals surface area contributed by atoms with Gasteiger partial charge in [0.1, 0.15) is 0 Å². The Bertz CT molecular complexity index is 233. The Morgan fingerprint density at radius 1 is 1.21 bits per heavy atom. The number of hydrogen-bond donors (Lipinski definition) is 1. The second-order valence-corrected chi connectivity index (χ2v) is 6.65. The smallest absolute Gasteiger partial charge is 0.0833 e. The summed E-state index contributed by atoms with van der Waals surface area (Å²) in [6.07, 6.45) is 8.84. The van der Waals surface area contributed by atoms with E-state index in [1.54, 1.807) is 0 Å². The van der Waals surface area contributed by atoms with Crippen LogP contribution in [0.25, 0.3) is 0 Å². The van der Waals surface area contributed by atoms with Gasteiger partial charge in [0, 0.05) is 13.2 Å². The van der Waals surface area contributed by atoms with Crippen LogP contribution in [-0.4, -0.2) is 25.3 Å². The predicted octanol–water partition coefficient (Wildman–Crippen LogP) is 4.39. The van der Waals surface area contributed by atoms with Crippen molar-refractivity contribution in [3.8, 4) is 0 Å². The molecule has 0 aromatic carbocycles. The summed E-state index contributed by atoms with van der Waals surface area (Å²) in [5, 5.41) is 3.81. The SMILES string of the molecule is CCCNC(C(C)CCC)C1(OC)CCC(C)CC1. The van der Waals surface area contributed by atoms with E-state index in [1.165, 1.54) is 44.9 Å². The summed E-state index contributed by atoms with van der Waals surface area (Å²) in [5.41, 5.74) is 0.0796. The van der Waals surface area contributed by atoms with Crippen molar-refractivity contribution in [1.82, 2.24) is 5.32 Å². The molecule has 1 fully saturated rings. The Labute approximate surface area is 120 Å². The summed E-state index contributed by atoms with van der Waals surface area (Å²) in [6.45, 7) is 10.4. The van der Waals surface area contributed by atoms with Gasteiger partial charge in [0.2, 0.25) is 0 Å². The fourth-order valence-corrected chi connectivity index (χ4v) is 3.72. The third-order valence-corrected chi connectivity index (χ3v) is 5.02. The van der Waals surface area contributed by atoms with Crippen LogP contribution >= 0.6 is 0 Å². The van der Waals surface area contributed by atoms with E-state index in [0.717, 1.165) is 12.5 Å². The van der Waals surface area contributed by atoms with Gasteiger partial charge in [-0.15, -0.1) is 0 Å². The molecule has 1 aliphatic rings. The summed E-state index contributed by atoms with van der Waals surface area (Å²) < 4.78 is 6.09. The highest BCUT2D eigenvalue weighted by molar-refractivity contribution is 4.98. The number of methoxy groups -OCH3 is 1. The zero-order valence-electron chi connectivity index (χ0n) is 13.8. The van der Waals surface area contributed by atoms with Crippen molar-refractivity contribution in [2.75, 3.05) is 13.7 Å². The fraction of sp³-hybridized carbons (Fsp3) is 1.00. The van der Waals surface area contributed by atoms with Gasteiger partial charge in [0.25, 0.3) is 0 Å². The molecule has 0 aliphatic heterocycles. The maximum absolute atomic E-state index is 6.09. The second kappa shape index (κ2) is 8.26. The van der Waals surface area contributed by atoms with Crippen molar-refractivity contribution in [3.05, 3.63) is 0 Å². The average molecular weight is 269 g/mol. The molecule has 2 atom stereocenters. The van der Waals surface area contributed by atoms with Crippen molar-refractivity contribution in [3.63, 3.8) is 0 Å². The molecule has 1 rings (SSSR count). The first kappa shape index (κ1) is 17.0. The van der Waals surface area contributed by atoms with Crippen LogP contribution in [0.3, 0.4) is 0 Å². The lowest BCUT2D eigenvalue weighted by atomic mass is 9.71. The molecule has 2 unspecified atom stereocenters. The van der Waals surface area contributed by atoms with E-state index in [0.29, 0.717) is 12.0 Å². The van der Waals surface area contributed by atoms with Gasteiger partial charge in [0.15, 0.2) is 0 Å². The molecule has 0 heterocycles. The summed E-state index contributed by atoms with van der Waals surface area (Å²) in [7, 11) is 1.93. The van der Waals surface area contributed by atoms with Crippen molar-refractivity contribution in [1.29, 1.82) is 0 Å². The Kier molecular flexibility index (Phi) is 7.38. The first-order valence-electron chi connectivity index (χ1n) is 8.38. The largest absolute Gasteiger partial charge is 0.377 e. The molecule has 19 heavy (non-hydrogen) atoms. The van der Waals surface area contributed by atoms with E-state index in [1.807, 2.05) is 7.11 Å². The molecule has 0 aromatic rings. The molecule has 1 N–H and O–H groups in total. The molecule has 114 valence electrons. The Morgan fingerprint density at radius 2 is 1.84 bits per heavy atom. The number of ether oxygens (including phenoxy) is 1. The lowest BCUT2D eigenvalue weighted by molar-refractivity contribution is -0.0873. The van der Waals surface area contributed by atoms with Crippen LogP contribution in [0.5, 0.6) is 0 Å². The molecule has 0 amide bonds. The first-order chi connectivity index (χ1) is 9.09. The minimum Gasteiger partial charge on any atom is -0.377 e. The van der Waals surface area contributed by atoms with Crippen LogP contribution in [0.15, 0.2) is 0 Å². The van der Waals surface area contributed by atoms with Gasteiger partial charge in [-0.05, 0) is 56.9 Å². The summed E-state index contributed by atoms with van der Waals surface area (Å²) in [4.78, 5) is 0. The zero-order valence-corrected chi connectivity index (χ0v) is 13.8. The van der Waals surface area contributed by atoms with E-state index in [2.05, 4.69) is 33.0 Å². The topological polar surface area (TPSA) is 21.3 Å². The molecule has 0 radical (unpaired) electrons. The van der Waals surface area contributed by atoms with Crippen LogP contribution in [0.1, 0.15) is 72.6 Å². The van der Waals surface area contributed by atoms with Gasteiger partial charge < -0.3 is 10.1 Å². The van der Waals surface area contributed by atoms with Crippen molar-refractivity contribution < 1.29 is 4.74 Å². The van der Waals surface area contributed by atoms with Crippen LogP contribution in [0, 0.1) is 11.8 Å². The average Bonchev–Trinajstić information content (AvgIpc) is 2.42. The lowest BCUT2D eigenvalue weighted by Crippen LogP contribution is -2.57. The van der Waals surface area contributed by atoms with Crippen molar-refractivity contribution in [2.45, 2.75) is 84.3 Å². The predicted molar refractivity (Wildman–Crippen MR) is 83.5 cm³/mol. The quantitative estimate of drug-likeness (QED) is 0.706. The van der Waals surface area contributed by atoms with Gasteiger partial charge in [-0.25, -0.2) is 0 Å². The van der Waals surface area contributed by atoms with Crippen molar-refractivity contribution in [2.24, 2.45) is 11.8 Å². The molecule has 0 saturated heterocycles. The number of nitrogens with one attached hydrogen (secondary N) is 1. The molecular formula is C17H35NO. The van der Waals surface area contributed by atoms with Crippen LogP contribution in [0.2, 0.25) is 0 Å². The molecule has 2 heteroatoms. The highest BCUT2D eigenvalue weighted by Gasteiger charge is 2.43. The standard InChI is InChI=1S/C17H35NO/c1-6-8-15(4)16(18-13-7-2)17(19-5)11-9-14(3)10-12-17/h14-16,18H,6-13H2,1-5H3. The zero-order chi connectivity index (χ0) is 14.3. The summed E-state index contributed by atoms with van der Waals surface area (Å²) in [6, 6.07) is 0.518. The van der Waals surface area contributed by atoms with Gasteiger partial charge >= 0.3 is 0 Å². The minimum absolute atomic E-state index is 0.0796. The van der Waals surface area contributed by atoms with Crippen LogP contribution in [0.4, 0.5) is 0 Å². The van der Waals surface area contributed by atoms with Gasteiger partial charge in [-0.1, -0.05) is 34.1 Å². The van der Waals surface area contributed by atoms with Gasteiger partial charge in [0.05, 0.1) is 5.60 Å². The number of rotatable bonds is 8. The Morgan fingerprint density at radius 3 is 2.32 bits per heavy atom. The van der Waals surface area contributed by atoms with Gasteiger partial charge in [-0.3, -0.25) is 0 Å². The maximum atomic E-state index is 6.09. The maximum Gasteiger partial charge on any atom is 0.0833 e. The van der Waals surface area contributed by atoms with Crippen LogP contribution in [-0.2, 0) is 4.74 Å². The summed E-state index contributed by atoms with van der Waals surface area (Å²) >= 11 is 0. The van der Waals surface area contributed by atoms with Crippen LogP contribution < -0.4 is 5.32 Å². The highest BCUT2D eigenvalue weighted by Crippen LogP contribution is 2.39. The van der Waals surface area contributed by atoms with E-state index >= 15 is 0 Å². The third kappa shape index (κ3) is 4.46. The van der Waals surface area contributed by atoms with Crippen molar-refractivity contribution >= 4 is 0 Å². The molecular weight excluding hydrogens is 234 g/mol. The van der Waals surface area contributed by atoms with E-state index in [4.69, 9.17) is 4.74 Å².